The van der Waals surface area contributed by atoms with Gasteiger partial charge in [-0.25, -0.2) is 4.79 Å². The Labute approximate surface area is 136 Å². The predicted octanol–water partition coefficient (Wildman–Crippen LogP) is -2.83. The van der Waals surface area contributed by atoms with E-state index in [1.165, 1.54) is 6.20 Å². The third-order valence-electron chi connectivity index (χ3n) is 4.83. The van der Waals surface area contributed by atoms with Crippen LogP contribution < -0.4 is 11.4 Å². The smallest absolute Gasteiger partial charge is 0.351 e. The Bertz CT molecular complexity index is 681. The molecule has 3 unspecified atom stereocenters. The summed E-state index contributed by atoms with van der Waals surface area (Å²) < 4.78 is 6.21. The lowest BCUT2D eigenvalue weighted by Crippen LogP contribution is -2.40. The topological polar surface area (TPSA) is 171 Å². The van der Waals surface area contributed by atoms with Gasteiger partial charge in [-0.3, -0.25) is 4.57 Å². The molecule has 1 aromatic rings. The molecule has 134 valence electrons. The standard InChI is InChI=1S/C14H21N3O7/c15-11-6(14(23)3-1-2-8(14)19)4-17(13(22)16-11)12-10(21)9(20)7(5-18)24-12/h4,7-10,12,18-21,23H,1-3,5H2,(H2,15,16,22)/t7-,8?,9-,10-,12?,14?/m1/s1. The molecule has 0 amide bonds. The Morgan fingerprint density at radius 1 is 1.38 bits per heavy atom. The van der Waals surface area contributed by atoms with Crippen LogP contribution in [0.2, 0.25) is 0 Å². The quantitative estimate of drug-likeness (QED) is 0.338. The SMILES string of the molecule is Nc1nc(=O)n(C2O[C@H](CO)[C@@H](O)[C@H]2O)cc1C1(O)CCCC1O. The van der Waals surface area contributed by atoms with Crippen molar-refractivity contribution in [1.29, 1.82) is 0 Å². The molecule has 2 aliphatic rings. The number of aromatic nitrogens is 2. The minimum absolute atomic E-state index is 0.0600. The van der Waals surface area contributed by atoms with E-state index in [-0.39, 0.29) is 17.8 Å². The van der Waals surface area contributed by atoms with Crippen LogP contribution in [-0.4, -0.2) is 66.1 Å². The van der Waals surface area contributed by atoms with Gasteiger partial charge in [0.2, 0.25) is 0 Å². The minimum Gasteiger partial charge on any atom is -0.394 e. The first-order valence-corrected chi connectivity index (χ1v) is 7.71. The number of ether oxygens (including phenoxy) is 1. The van der Waals surface area contributed by atoms with Gasteiger partial charge >= 0.3 is 5.69 Å². The minimum atomic E-state index is -1.65. The van der Waals surface area contributed by atoms with E-state index >= 15 is 0 Å². The van der Waals surface area contributed by atoms with Crippen LogP contribution in [0.1, 0.15) is 31.1 Å². The molecule has 1 saturated carbocycles. The zero-order valence-corrected chi connectivity index (χ0v) is 12.8. The summed E-state index contributed by atoms with van der Waals surface area (Å²) >= 11 is 0. The number of nitrogen functional groups attached to an aromatic ring is 1. The van der Waals surface area contributed by atoms with Gasteiger partial charge in [0, 0.05) is 11.8 Å². The molecular weight excluding hydrogens is 322 g/mol. The van der Waals surface area contributed by atoms with Gasteiger partial charge in [0.1, 0.15) is 29.7 Å². The van der Waals surface area contributed by atoms with Crippen LogP contribution in [0.4, 0.5) is 5.82 Å². The van der Waals surface area contributed by atoms with Gasteiger partial charge in [-0.05, 0) is 19.3 Å². The number of hydrogen-bond acceptors (Lipinski definition) is 9. The Balaban J connectivity index is 2.04. The molecule has 10 heteroatoms. The second-order valence-corrected chi connectivity index (χ2v) is 6.29. The van der Waals surface area contributed by atoms with Crippen molar-refractivity contribution in [2.24, 2.45) is 0 Å². The Kier molecular flexibility index (Phi) is 4.36. The molecule has 10 nitrogen and oxygen atoms in total. The summed E-state index contributed by atoms with van der Waals surface area (Å²) in [5, 5.41) is 49.8. The Morgan fingerprint density at radius 3 is 2.62 bits per heavy atom. The van der Waals surface area contributed by atoms with Crippen LogP contribution in [0.15, 0.2) is 11.0 Å². The van der Waals surface area contributed by atoms with E-state index in [0.717, 1.165) is 4.57 Å². The summed E-state index contributed by atoms with van der Waals surface area (Å²) in [6.45, 7) is -0.540. The van der Waals surface area contributed by atoms with Crippen LogP contribution in [0, 0.1) is 0 Å². The molecule has 6 atom stereocenters. The van der Waals surface area contributed by atoms with Crippen LogP contribution in [-0.2, 0) is 10.3 Å². The van der Waals surface area contributed by atoms with Gasteiger partial charge in [0.15, 0.2) is 6.23 Å². The summed E-state index contributed by atoms with van der Waals surface area (Å²) in [6.07, 6.45) is -3.88. The van der Waals surface area contributed by atoms with E-state index in [4.69, 9.17) is 15.6 Å². The van der Waals surface area contributed by atoms with Crippen molar-refractivity contribution in [3.63, 3.8) is 0 Å². The highest BCUT2D eigenvalue weighted by atomic mass is 16.6. The highest BCUT2D eigenvalue weighted by Gasteiger charge is 2.46. The molecular formula is C14H21N3O7. The maximum Gasteiger partial charge on any atom is 0.351 e. The number of rotatable bonds is 3. The number of nitrogens with two attached hydrogens (primary N) is 1. The van der Waals surface area contributed by atoms with E-state index in [0.29, 0.717) is 12.8 Å². The Hall–Kier alpha value is -1.56. The first-order chi connectivity index (χ1) is 11.3. The maximum absolute atomic E-state index is 12.1. The summed E-state index contributed by atoms with van der Waals surface area (Å²) in [5.41, 5.74) is 3.31. The summed E-state index contributed by atoms with van der Waals surface area (Å²) in [6, 6.07) is 0. The van der Waals surface area contributed by atoms with Gasteiger partial charge in [0.05, 0.1) is 12.7 Å². The van der Waals surface area contributed by atoms with Crippen molar-refractivity contribution < 1.29 is 30.3 Å². The molecule has 2 heterocycles. The van der Waals surface area contributed by atoms with Gasteiger partial charge in [-0.1, -0.05) is 0 Å². The molecule has 1 aliphatic carbocycles. The van der Waals surface area contributed by atoms with Crippen molar-refractivity contribution >= 4 is 5.82 Å². The van der Waals surface area contributed by atoms with Gasteiger partial charge in [-0.15, -0.1) is 0 Å². The van der Waals surface area contributed by atoms with Crippen LogP contribution >= 0.6 is 0 Å². The molecule has 3 rings (SSSR count). The highest BCUT2D eigenvalue weighted by molar-refractivity contribution is 5.42. The average Bonchev–Trinajstić information content (AvgIpc) is 3.01. The third-order valence-corrected chi connectivity index (χ3v) is 4.83. The van der Waals surface area contributed by atoms with Crippen LogP contribution in [0.3, 0.4) is 0 Å². The zero-order chi connectivity index (χ0) is 17.6. The normalized spacial score (nSPS) is 39.5. The highest BCUT2D eigenvalue weighted by Crippen LogP contribution is 2.41. The van der Waals surface area contributed by atoms with Crippen LogP contribution in [0.25, 0.3) is 0 Å². The molecule has 0 spiro atoms. The lowest BCUT2D eigenvalue weighted by Gasteiger charge is -2.29. The molecule has 7 N–H and O–H groups in total. The second kappa shape index (κ2) is 6.06. The zero-order valence-electron chi connectivity index (χ0n) is 12.8. The number of aliphatic hydroxyl groups is 5. The fraction of sp³-hybridized carbons (Fsp3) is 0.714. The number of anilines is 1. The van der Waals surface area contributed by atoms with E-state index in [1.54, 1.807) is 0 Å². The molecule has 1 aromatic heterocycles. The van der Waals surface area contributed by atoms with Gasteiger partial charge in [0.25, 0.3) is 0 Å². The van der Waals surface area contributed by atoms with Crippen molar-refractivity contribution in [2.45, 2.75) is 55.5 Å². The maximum atomic E-state index is 12.1. The monoisotopic (exact) mass is 343 g/mol. The van der Waals surface area contributed by atoms with Gasteiger partial charge in [-0.2, -0.15) is 4.98 Å². The summed E-state index contributed by atoms with van der Waals surface area (Å²) in [7, 11) is 0. The van der Waals surface area contributed by atoms with Crippen molar-refractivity contribution in [2.75, 3.05) is 12.3 Å². The molecule has 1 saturated heterocycles. The molecule has 1 aliphatic heterocycles. The molecule has 24 heavy (non-hydrogen) atoms. The molecule has 2 fully saturated rings. The molecule has 0 aromatic carbocycles. The van der Waals surface area contributed by atoms with Crippen molar-refractivity contribution in [1.82, 2.24) is 9.55 Å². The number of hydrogen-bond donors (Lipinski definition) is 6. The first kappa shape index (κ1) is 17.3. The fourth-order valence-corrected chi connectivity index (χ4v) is 3.39. The van der Waals surface area contributed by atoms with E-state index < -0.39 is 48.5 Å². The molecule has 0 radical (unpaired) electrons. The van der Waals surface area contributed by atoms with Crippen molar-refractivity contribution in [3.8, 4) is 0 Å². The summed E-state index contributed by atoms with van der Waals surface area (Å²) in [5.74, 6) is -0.216. The van der Waals surface area contributed by atoms with Crippen LogP contribution in [0.5, 0.6) is 0 Å². The number of aliphatic hydroxyl groups excluding tert-OH is 4. The van der Waals surface area contributed by atoms with E-state index in [2.05, 4.69) is 4.98 Å². The Morgan fingerprint density at radius 2 is 2.08 bits per heavy atom. The predicted molar refractivity (Wildman–Crippen MR) is 79.7 cm³/mol. The van der Waals surface area contributed by atoms with Crippen molar-refractivity contribution in [3.05, 3.63) is 22.2 Å². The second-order valence-electron chi connectivity index (χ2n) is 6.29. The lowest BCUT2D eigenvalue weighted by molar-refractivity contribution is -0.0643. The third kappa shape index (κ3) is 2.51. The number of nitrogens with zero attached hydrogens (tertiary/aromatic N) is 2. The molecule has 0 bridgehead atoms. The van der Waals surface area contributed by atoms with E-state index in [9.17, 15) is 25.2 Å². The summed E-state index contributed by atoms with van der Waals surface area (Å²) in [4.78, 5) is 15.8. The van der Waals surface area contributed by atoms with Gasteiger partial charge < -0.3 is 36.0 Å². The lowest BCUT2D eigenvalue weighted by atomic mass is 9.91. The average molecular weight is 343 g/mol. The first-order valence-electron chi connectivity index (χ1n) is 7.71. The largest absolute Gasteiger partial charge is 0.394 e. The van der Waals surface area contributed by atoms with E-state index in [1.807, 2.05) is 0 Å². The fourth-order valence-electron chi connectivity index (χ4n) is 3.39.